The third-order valence-electron chi connectivity index (χ3n) is 16.5. The lowest BCUT2D eigenvalue weighted by atomic mass is 9.48. The van der Waals surface area contributed by atoms with Crippen molar-refractivity contribution in [3.63, 3.8) is 0 Å². The molecule has 0 radical (unpaired) electrons. The van der Waals surface area contributed by atoms with Crippen LogP contribution in [0.15, 0.2) is 238 Å². The molecule has 0 unspecified atom stereocenters. The van der Waals surface area contributed by atoms with Crippen molar-refractivity contribution in [1.29, 1.82) is 0 Å². The van der Waals surface area contributed by atoms with Crippen LogP contribution in [0, 0.1) is 17.8 Å². The Bertz CT molecular complexity index is 3140. The SMILES string of the molecule is CC1(C)c2cc(N(c3ccc(C45CC6CC(CC(C6)C4)C5)cc3)c3ccc(S(c4ccccc4)(c4ccccc4)c4ccccc4)cc3)ccc2-c2c(-c3cccc4ccccc34)cccc21. The molecule has 0 saturated heterocycles. The average molecular weight is 884 g/mol. The lowest BCUT2D eigenvalue weighted by Gasteiger charge is -2.57. The second-order valence-corrected chi connectivity index (χ2v) is 23.8. The first-order valence-corrected chi connectivity index (χ1v) is 26.3. The van der Waals surface area contributed by atoms with Gasteiger partial charge in [-0.3, -0.25) is 0 Å². The predicted molar refractivity (Wildman–Crippen MR) is 281 cm³/mol. The molecule has 328 valence electrons. The van der Waals surface area contributed by atoms with Gasteiger partial charge in [-0.05, 0) is 196 Å². The Balaban J connectivity index is 0.966. The van der Waals surface area contributed by atoms with Gasteiger partial charge in [-0.1, -0.05) is 147 Å². The van der Waals surface area contributed by atoms with Crippen molar-refractivity contribution >= 4 is 37.9 Å². The molecule has 0 N–H and O–H groups in total. The molecule has 0 heterocycles. The van der Waals surface area contributed by atoms with Crippen LogP contribution in [-0.4, -0.2) is 0 Å². The van der Waals surface area contributed by atoms with E-state index >= 15 is 0 Å². The van der Waals surface area contributed by atoms with Gasteiger partial charge in [0, 0.05) is 42.1 Å². The van der Waals surface area contributed by atoms with Crippen molar-refractivity contribution in [2.24, 2.45) is 17.8 Å². The molecule has 2 heteroatoms. The van der Waals surface area contributed by atoms with Crippen LogP contribution in [0.4, 0.5) is 17.1 Å². The van der Waals surface area contributed by atoms with Gasteiger partial charge in [0.1, 0.15) is 0 Å². The van der Waals surface area contributed by atoms with E-state index in [1.54, 1.807) is 5.56 Å². The van der Waals surface area contributed by atoms with Gasteiger partial charge < -0.3 is 4.90 Å². The van der Waals surface area contributed by atoms with E-state index in [1.165, 1.54) is 119 Å². The second kappa shape index (κ2) is 15.7. The van der Waals surface area contributed by atoms with Gasteiger partial charge >= 0.3 is 0 Å². The van der Waals surface area contributed by atoms with Crippen LogP contribution < -0.4 is 4.90 Å². The summed E-state index contributed by atoms with van der Waals surface area (Å²) >= 11 is 0. The molecule has 0 aliphatic heterocycles. The molecular formula is C65H57NS. The molecule has 0 aromatic heterocycles. The highest BCUT2D eigenvalue weighted by atomic mass is 32.3. The van der Waals surface area contributed by atoms with E-state index in [1.807, 2.05) is 0 Å². The minimum absolute atomic E-state index is 0.191. The summed E-state index contributed by atoms with van der Waals surface area (Å²) in [7, 11) is -1.82. The molecule has 0 amide bonds. The van der Waals surface area contributed by atoms with E-state index in [0.717, 1.165) is 17.8 Å². The van der Waals surface area contributed by atoms with Crippen LogP contribution >= 0.6 is 10.0 Å². The molecule has 4 fully saturated rings. The summed E-state index contributed by atoms with van der Waals surface area (Å²) in [6.07, 6.45) is 8.51. The van der Waals surface area contributed by atoms with Gasteiger partial charge in [-0.25, -0.2) is 0 Å². The third-order valence-corrected chi connectivity index (χ3v) is 20.5. The molecule has 1 nitrogen and oxygen atoms in total. The highest BCUT2D eigenvalue weighted by molar-refractivity contribution is 8.34. The lowest BCUT2D eigenvalue weighted by Crippen LogP contribution is -2.48. The molecule has 67 heavy (non-hydrogen) atoms. The van der Waals surface area contributed by atoms with Gasteiger partial charge in [-0.2, -0.15) is 0 Å². The maximum absolute atomic E-state index is 2.53. The van der Waals surface area contributed by atoms with Crippen molar-refractivity contribution in [3.05, 3.63) is 235 Å². The molecule has 5 aliphatic rings. The number of hydrogen-bond donors (Lipinski definition) is 0. The van der Waals surface area contributed by atoms with Gasteiger partial charge in [0.15, 0.2) is 0 Å². The number of anilines is 3. The molecule has 4 saturated carbocycles. The largest absolute Gasteiger partial charge is 0.310 e. The maximum atomic E-state index is 2.53. The minimum atomic E-state index is -1.82. The van der Waals surface area contributed by atoms with Crippen molar-refractivity contribution in [2.45, 2.75) is 82.8 Å². The third kappa shape index (κ3) is 6.43. The number of hydrogen-bond acceptors (Lipinski definition) is 1. The number of benzene rings is 9. The minimum Gasteiger partial charge on any atom is -0.310 e. The Hall–Kier alpha value is -6.61. The van der Waals surface area contributed by atoms with Gasteiger partial charge in [0.25, 0.3) is 0 Å². The molecule has 9 aromatic carbocycles. The van der Waals surface area contributed by atoms with E-state index in [4.69, 9.17) is 0 Å². The molecule has 0 atom stereocenters. The quantitative estimate of drug-likeness (QED) is 0.140. The number of fused-ring (bicyclic) bond motifs is 4. The lowest BCUT2D eigenvalue weighted by molar-refractivity contribution is -0.00518. The Morgan fingerprint density at radius 2 is 0.881 bits per heavy atom. The summed E-state index contributed by atoms with van der Waals surface area (Å²) in [5, 5.41) is 2.57. The smallest absolute Gasteiger partial charge is 0.0465 e. The van der Waals surface area contributed by atoms with E-state index in [2.05, 4.69) is 237 Å². The van der Waals surface area contributed by atoms with Crippen molar-refractivity contribution in [1.82, 2.24) is 0 Å². The van der Waals surface area contributed by atoms with Crippen molar-refractivity contribution in [2.75, 3.05) is 4.90 Å². The van der Waals surface area contributed by atoms with Crippen LogP contribution in [0.5, 0.6) is 0 Å². The first-order valence-electron chi connectivity index (χ1n) is 24.7. The summed E-state index contributed by atoms with van der Waals surface area (Å²) in [6, 6.07) is 83.0. The van der Waals surface area contributed by atoms with E-state index in [0.29, 0.717) is 5.41 Å². The maximum Gasteiger partial charge on any atom is 0.0465 e. The Morgan fingerprint density at radius 3 is 1.48 bits per heavy atom. The highest BCUT2D eigenvalue weighted by Crippen LogP contribution is 2.73. The highest BCUT2D eigenvalue weighted by Gasteiger charge is 2.51. The summed E-state index contributed by atoms with van der Waals surface area (Å²) in [5.41, 5.74) is 13.4. The Labute approximate surface area is 398 Å². The zero-order chi connectivity index (χ0) is 44.7. The Morgan fingerprint density at radius 1 is 0.403 bits per heavy atom. The standard InChI is InChI=1S/C65H57NS/c1-64(2)61-27-15-26-59(58-25-14-17-48-16-12-13-24-57(48)58)63(61)60-37-34-52(41-62(60)64)66(50-30-28-49(29-31-50)65-42-45-38-46(43-65)40-47(39-45)44-65)51-32-35-56(36-33-51)67(53-18-6-3-7-19-53,54-20-8-4-9-21-54)55-22-10-5-11-23-55/h3-37,41,45-47H,38-40,42-44H2,1-2H3. The normalized spacial score (nSPS) is 21.2. The average Bonchev–Trinajstić information content (AvgIpc) is 3.60. The van der Waals surface area contributed by atoms with E-state index < -0.39 is 10.0 Å². The van der Waals surface area contributed by atoms with Crippen molar-refractivity contribution < 1.29 is 0 Å². The molecule has 5 aliphatic carbocycles. The van der Waals surface area contributed by atoms with Crippen LogP contribution in [0.3, 0.4) is 0 Å². The van der Waals surface area contributed by atoms with Gasteiger partial charge in [-0.15, -0.1) is 10.0 Å². The molecule has 0 spiro atoms. The Kier molecular flexibility index (Phi) is 9.55. The fourth-order valence-corrected chi connectivity index (χ4v) is 17.8. The summed E-state index contributed by atoms with van der Waals surface area (Å²) < 4.78 is 0. The zero-order valence-electron chi connectivity index (χ0n) is 38.6. The van der Waals surface area contributed by atoms with Crippen molar-refractivity contribution in [3.8, 4) is 22.3 Å². The molecule has 4 bridgehead atoms. The summed E-state index contributed by atoms with van der Waals surface area (Å²) in [5.74, 6) is 2.74. The number of nitrogens with zero attached hydrogens (tertiary/aromatic N) is 1. The second-order valence-electron chi connectivity index (χ2n) is 20.7. The number of rotatable bonds is 9. The van der Waals surface area contributed by atoms with Crippen LogP contribution in [0.1, 0.15) is 69.1 Å². The predicted octanol–water partition coefficient (Wildman–Crippen LogP) is 18.1. The molecule has 14 rings (SSSR count). The fraction of sp³-hybridized carbons (Fsp3) is 0.200. The summed E-state index contributed by atoms with van der Waals surface area (Å²) in [6.45, 7) is 4.85. The molecule has 9 aromatic rings. The van der Waals surface area contributed by atoms with Gasteiger partial charge in [0.05, 0.1) is 0 Å². The zero-order valence-corrected chi connectivity index (χ0v) is 39.4. The monoisotopic (exact) mass is 883 g/mol. The summed E-state index contributed by atoms with van der Waals surface area (Å²) in [4.78, 5) is 7.85. The van der Waals surface area contributed by atoms with Crippen LogP contribution in [0.25, 0.3) is 33.0 Å². The van der Waals surface area contributed by atoms with Crippen LogP contribution in [0.2, 0.25) is 0 Å². The first kappa shape index (κ1) is 40.6. The van der Waals surface area contributed by atoms with Gasteiger partial charge in [0.2, 0.25) is 0 Å². The fourth-order valence-electron chi connectivity index (χ4n) is 14.0. The molecular weight excluding hydrogens is 827 g/mol. The first-order chi connectivity index (χ1) is 32.9. The van der Waals surface area contributed by atoms with E-state index in [9.17, 15) is 0 Å². The van der Waals surface area contributed by atoms with E-state index in [-0.39, 0.29) is 5.41 Å². The van der Waals surface area contributed by atoms with Crippen LogP contribution in [-0.2, 0) is 10.8 Å². The topological polar surface area (TPSA) is 3.24 Å².